The SMILES string of the molecule is CCCCCCCCCc1ccc(OCCOCCOCCOCCOCCOCCOCCOCCOCCCCCCCC)cc1. The summed E-state index contributed by atoms with van der Waals surface area (Å²) in [5, 5.41) is 0. The van der Waals surface area contributed by atoms with Crippen molar-refractivity contribution in [1.29, 1.82) is 0 Å². The van der Waals surface area contributed by atoms with Gasteiger partial charge in [0.15, 0.2) is 0 Å². The molecule has 1 aromatic rings. The van der Waals surface area contributed by atoms with E-state index in [9.17, 15) is 0 Å². The molecule has 0 aliphatic heterocycles. The lowest BCUT2D eigenvalue weighted by Crippen LogP contribution is -2.15. The Morgan fingerprint density at radius 1 is 0.312 bits per heavy atom. The fourth-order valence-corrected chi connectivity index (χ4v) is 4.88. The smallest absolute Gasteiger partial charge is 0.119 e. The quantitative estimate of drug-likeness (QED) is 0.0642. The number of rotatable bonds is 40. The van der Waals surface area contributed by atoms with Gasteiger partial charge in [0.25, 0.3) is 0 Å². The van der Waals surface area contributed by atoms with E-state index in [-0.39, 0.29) is 0 Å². The first kappa shape index (κ1) is 44.7. The van der Waals surface area contributed by atoms with Gasteiger partial charge in [-0.15, -0.1) is 0 Å². The van der Waals surface area contributed by atoms with Gasteiger partial charge in [-0.25, -0.2) is 0 Å². The maximum absolute atomic E-state index is 5.79. The second-order valence-electron chi connectivity index (χ2n) is 12.0. The molecular formula is C39H72O9. The largest absolute Gasteiger partial charge is 0.491 e. The third-order valence-corrected chi connectivity index (χ3v) is 7.74. The zero-order valence-electron chi connectivity index (χ0n) is 30.9. The molecule has 0 fully saturated rings. The van der Waals surface area contributed by atoms with Crippen LogP contribution in [0.4, 0.5) is 0 Å². The summed E-state index contributed by atoms with van der Waals surface area (Å²) in [6, 6.07) is 8.47. The molecule has 0 atom stereocenters. The van der Waals surface area contributed by atoms with E-state index >= 15 is 0 Å². The minimum Gasteiger partial charge on any atom is -0.491 e. The van der Waals surface area contributed by atoms with Crippen molar-refractivity contribution in [1.82, 2.24) is 0 Å². The molecule has 0 aliphatic carbocycles. The van der Waals surface area contributed by atoms with Crippen molar-refractivity contribution in [3.63, 3.8) is 0 Å². The van der Waals surface area contributed by atoms with Crippen LogP contribution in [0.25, 0.3) is 0 Å². The lowest BCUT2D eigenvalue weighted by atomic mass is 10.0. The molecule has 9 nitrogen and oxygen atoms in total. The Balaban J connectivity index is 1.70. The summed E-state index contributed by atoms with van der Waals surface area (Å²) < 4.78 is 50.1. The van der Waals surface area contributed by atoms with Gasteiger partial charge in [-0.1, -0.05) is 96.6 Å². The Labute approximate surface area is 293 Å². The molecule has 0 amide bonds. The molecule has 9 heteroatoms. The normalized spacial score (nSPS) is 11.5. The highest BCUT2D eigenvalue weighted by molar-refractivity contribution is 5.27. The highest BCUT2D eigenvalue weighted by Crippen LogP contribution is 2.15. The molecule has 48 heavy (non-hydrogen) atoms. The Kier molecular flexibility index (Phi) is 35.9. The fourth-order valence-electron chi connectivity index (χ4n) is 4.88. The minimum absolute atomic E-state index is 0.532. The molecule has 282 valence electrons. The topological polar surface area (TPSA) is 83.1 Å². The summed E-state index contributed by atoms with van der Waals surface area (Å²) in [4.78, 5) is 0. The Hall–Kier alpha value is -1.30. The molecule has 1 rings (SSSR count). The van der Waals surface area contributed by atoms with Crippen molar-refractivity contribution in [2.45, 2.75) is 104 Å². The van der Waals surface area contributed by atoms with E-state index < -0.39 is 0 Å². The maximum Gasteiger partial charge on any atom is 0.119 e. The van der Waals surface area contributed by atoms with Crippen LogP contribution in [0, 0.1) is 0 Å². The van der Waals surface area contributed by atoms with E-state index in [1.54, 1.807) is 0 Å². The molecular weight excluding hydrogens is 612 g/mol. The Morgan fingerprint density at radius 3 is 1.02 bits per heavy atom. The minimum atomic E-state index is 0.532. The van der Waals surface area contributed by atoms with Crippen molar-refractivity contribution >= 4 is 0 Å². The Morgan fingerprint density at radius 2 is 0.625 bits per heavy atom. The number of benzene rings is 1. The second-order valence-corrected chi connectivity index (χ2v) is 12.0. The van der Waals surface area contributed by atoms with Crippen LogP contribution < -0.4 is 4.74 Å². The first-order valence-electron chi connectivity index (χ1n) is 19.2. The lowest BCUT2D eigenvalue weighted by molar-refractivity contribution is -0.0236. The second kappa shape index (κ2) is 38.5. The fraction of sp³-hybridized carbons (Fsp3) is 0.846. The van der Waals surface area contributed by atoms with Gasteiger partial charge in [-0.05, 0) is 37.0 Å². The first-order valence-corrected chi connectivity index (χ1v) is 19.2. The highest BCUT2D eigenvalue weighted by Gasteiger charge is 1.99. The van der Waals surface area contributed by atoms with Crippen molar-refractivity contribution in [2.24, 2.45) is 0 Å². The molecule has 0 bridgehead atoms. The highest BCUT2D eigenvalue weighted by atomic mass is 16.6. The molecule has 0 radical (unpaired) electrons. The van der Waals surface area contributed by atoms with Gasteiger partial charge in [0.05, 0.1) is 99.1 Å². The molecule has 0 aromatic heterocycles. The molecule has 0 saturated carbocycles. The van der Waals surface area contributed by atoms with Gasteiger partial charge in [-0.3, -0.25) is 0 Å². The number of aryl methyl sites for hydroxylation is 1. The third-order valence-electron chi connectivity index (χ3n) is 7.74. The van der Waals surface area contributed by atoms with Crippen LogP contribution >= 0.6 is 0 Å². The van der Waals surface area contributed by atoms with Crippen molar-refractivity contribution in [3.05, 3.63) is 29.8 Å². The van der Waals surface area contributed by atoms with Gasteiger partial charge in [0.2, 0.25) is 0 Å². The molecule has 0 heterocycles. The molecule has 0 unspecified atom stereocenters. The van der Waals surface area contributed by atoms with Crippen LogP contribution in [0.3, 0.4) is 0 Å². The van der Waals surface area contributed by atoms with E-state index in [2.05, 4.69) is 38.1 Å². The van der Waals surface area contributed by atoms with Gasteiger partial charge >= 0.3 is 0 Å². The maximum atomic E-state index is 5.79. The molecule has 0 aliphatic rings. The lowest BCUT2D eigenvalue weighted by Gasteiger charge is -2.09. The van der Waals surface area contributed by atoms with Crippen LogP contribution in [0.15, 0.2) is 24.3 Å². The van der Waals surface area contributed by atoms with Crippen LogP contribution in [-0.4, -0.2) is 112 Å². The zero-order valence-corrected chi connectivity index (χ0v) is 30.9. The van der Waals surface area contributed by atoms with Crippen molar-refractivity contribution in [2.75, 3.05) is 112 Å². The standard InChI is InChI=1S/C39H72O9/c1-3-5-7-9-11-12-14-16-38-17-19-39(20-18-38)48-37-36-47-35-34-46-33-32-45-31-30-44-29-28-43-27-26-42-25-24-41-23-22-40-21-15-13-10-8-6-4-2/h17-20H,3-16,21-37H2,1-2H3. The van der Waals surface area contributed by atoms with E-state index in [1.165, 1.54) is 82.6 Å². The monoisotopic (exact) mass is 685 g/mol. The van der Waals surface area contributed by atoms with Gasteiger partial charge in [0.1, 0.15) is 12.4 Å². The molecule has 1 aromatic carbocycles. The first-order chi connectivity index (χ1) is 23.9. The zero-order chi connectivity index (χ0) is 34.3. The summed E-state index contributed by atoms with van der Waals surface area (Å²) in [7, 11) is 0. The average molecular weight is 685 g/mol. The summed E-state index contributed by atoms with van der Waals surface area (Å²) in [6.45, 7) is 14.2. The molecule has 0 saturated heterocycles. The van der Waals surface area contributed by atoms with Crippen molar-refractivity contribution in [3.8, 4) is 5.75 Å². The van der Waals surface area contributed by atoms with E-state index in [0.717, 1.165) is 25.2 Å². The van der Waals surface area contributed by atoms with Gasteiger partial charge < -0.3 is 42.6 Å². The van der Waals surface area contributed by atoms with E-state index in [4.69, 9.17) is 42.6 Å². The average Bonchev–Trinajstić information content (AvgIpc) is 3.11. The summed E-state index contributed by atoms with van der Waals surface area (Å²) >= 11 is 0. The van der Waals surface area contributed by atoms with Crippen LogP contribution in [0.2, 0.25) is 0 Å². The summed E-state index contributed by atoms with van der Waals surface area (Å²) in [6.07, 6.45) is 18.3. The van der Waals surface area contributed by atoms with Crippen LogP contribution in [0.5, 0.6) is 5.75 Å². The van der Waals surface area contributed by atoms with Crippen molar-refractivity contribution < 1.29 is 42.6 Å². The van der Waals surface area contributed by atoms with Gasteiger partial charge in [0, 0.05) is 6.61 Å². The summed E-state index contributed by atoms with van der Waals surface area (Å²) in [5.41, 5.74) is 1.39. The van der Waals surface area contributed by atoms with Gasteiger partial charge in [-0.2, -0.15) is 0 Å². The predicted octanol–water partition coefficient (Wildman–Crippen LogP) is 7.85. The molecule has 0 spiro atoms. The van der Waals surface area contributed by atoms with Crippen LogP contribution in [-0.2, 0) is 44.3 Å². The predicted molar refractivity (Wildman–Crippen MR) is 194 cm³/mol. The molecule has 0 N–H and O–H groups in total. The number of hydrogen-bond acceptors (Lipinski definition) is 9. The van der Waals surface area contributed by atoms with E-state index in [1.807, 2.05) is 0 Å². The third kappa shape index (κ3) is 33.2. The number of ether oxygens (including phenoxy) is 9. The van der Waals surface area contributed by atoms with Crippen LogP contribution in [0.1, 0.15) is 103 Å². The number of hydrogen-bond donors (Lipinski definition) is 0. The number of unbranched alkanes of at least 4 members (excludes halogenated alkanes) is 11. The Bertz CT molecular complexity index is 735. The summed E-state index contributed by atoms with van der Waals surface area (Å²) in [5.74, 6) is 0.893. The van der Waals surface area contributed by atoms with E-state index in [0.29, 0.717) is 106 Å².